The molecule has 0 spiro atoms. The smallest absolute Gasteiger partial charge is 0.313 e. The Morgan fingerprint density at radius 1 is 1.20 bits per heavy atom. The SMILES string of the molecule is CC(C)C[C@H](NS(=O)(=O)c1ccccc1)C(=O)N[C@H]1CCO[C@H]1OC(=O)C(C)(C)C. The first-order valence-electron chi connectivity index (χ1n) is 10.1. The van der Waals surface area contributed by atoms with Gasteiger partial charge in [-0.05, 0) is 51.7 Å². The number of carbonyl (C=O) groups is 2. The van der Waals surface area contributed by atoms with E-state index in [0.29, 0.717) is 19.4 Å². The molecule has 0 aliphatic carbocycles. The maximum Gasteiger partial charge on any atom is 0.313 e. The molecule has 3 atom stereocenters. The molecule has 1 heterocycles. The Hall–Kier alpha value is -1.97. The molecule has 8 nitrogen and oxygen atoms in total. The van der Waals surface area contributed by atoms with Crippen LogP contribution in [0, 0.1) is 11.3 Å². The quantitative estimate of drug-likeness (QED) is 0.600. The number of sulfonamides is 1. The number of esters is 1. The van der Waals surface area contributed by atoms with E-state index in [1.165, 1.54) is 12.1 Å². The summed E-state index contributed by atoms with van der Waals surface area (Å²) in [6.45, 7) is 9.34. The van der Waals surface area contributed by atoms with Crippen molar-refractivity contribution < 1.29 is 27.5 Å². The van der Waals surface area contributed by atoms with Gasteiger partial charge in [0.1, 0.15) is 6.04 Å². The van der Waals surface area contributed by atoms with Gasteiger partial charge >= 0.3 is 5.97 Å². The third-order valence-electron chi connectivity index (χ3n) is 4.58. The van der Waals surface area contributed by atoms with E-state index in [-0.39, 0.29) is 10.8 Å². The van der Waals surface area contributed by atoms with Gasteiger partial charge in [0.05, 0.1) is 23.0 Å². The summed E-state index contributed by atoms with van der Waals surface area (Å²) in [6, 6.07) is 6.40. The summed E-state index contributed by atoms with van der Waals surface area (Å²) in [5.41, 5.74) is -0.702. The van der Waals surface area contributed by atoms with Crippen LogP contribution in [0.15, 0.2) is 35.2 Å². The van der Waals surface area contributed by atoms with Crippen LogP contribution in [0.2, 0.25) is 0 Å². The highest BCUT2D eigenvalue weighted by molar-refractivity contribution is 7.89. The van der Waals surface area contributed by atoms with Gasteiger partial charge in [0.2, 0.25) is 22.2 Å². The summed E-state index contributed by atoms with van der Waals surface area (Å²) in [4.78, 5) is 25.2. The van der Waals surface area contributed by atoms with Crippen molar-refractivity contribution >= 4 is 21.9 Å². The number of carbonyl (C=O) groups excluding carboxylic acids is 2. The predicted octanol–water partition coefficient (Wildman–Crippen LogP) is 2.20. The number of amides is 1. The predicted molar refractivity (Wildman–Crippen MR) is 112 cm³/mol. The maximum atomic E-state index is 12.9. The van der Waals surface area contributed by atoms with E-state index in [1.807, 2.05) is 13.8 Å². The lowest BCUT2D eigenvalue weighted by Gasteiger charge is -2.26. The van der Waals surface area contributed by atoms with Crippen LogP contribution in [0.3, 0.4) is 0 Å². The molecular weight excluding hydrogens is 408 g/mol. The number of rotatable bonds is 8. The fourth-order valence-corrected chi connectivity index (χ4v) is 4.15. The van der Waals surface area contributed by atoms with Gasteiger partial charge in [-0.2, -0.15) is 4.72 Å². The highest BCUT2D eigenvalue weighted by Crippen LogP contribution is 2.22. The number of hydrogen-bond acceptors (Lipinski definition) is 6. The van der Waals surface area contributed by atoms with Crippen LogP contribution in [0.4, 0.5) is 0 Å². The van der Waals surface area contributed by atoms with Crippen LogP contribution < -0.4 is 10.0 Å². The summed E-state index contributed by atoms with van der Waals surface area (Å²) < 4.78 is 38.8. The van der Waals surface area contributed by atoms with Crippen molar-refractivity contribution in [2.45, 2.75) is 70.7 Å². The molecule has 9 heteroatoms. The van der Waals surface area contributed by atoms with Gasteiger partial charge in [0.15, 0.2) is 0 Å². The lowest BCUT2D eigenvalue weighted by molar-refractivity contribution is -0.182. The van der Waals surface area contributed by atoms with Gasteiger partial charge in [0.25, 0.3) is 0 Å². The molecule has 0 unspecified atom stereocenters. The first kappa shape index (κ1) is 24.3. The van der Waals surface area contributed by atoms with Gasteiger partial charge in [-0.15, -0.1) is 0 Å². The van der Waals surface area contributed by atoms with Crippen LogP contribution in [0.1, 0.15) is 47.5 Å². The summed E-state index contributed by atoms with van der Waals surface area (Å²) in [6.07, 6.45) is -0.114. The monoisotopic (exact) mass is 440 g/mol. The van der Waals surface area contributed by atoms with E-state index in [0.717, 1.165) is 0 Å². The minimum absolute atomic E-state index is 0.0774. The topological polar surface area (TPSA) is 111 Å². The summed E-state index contributed by atoms with van der Waals surface area (Å²) in [5.74, 6) is -0.832. The number of benzene rings is 1. The van der Waals surface area contributed by atoms with Crippen molar-refractivity contribution in [3.63, 3.8) is 0 Å². The Kier molecular flexibility index (Phi) is 8.01. The molecular formula is C21H32N2O6S. The normalized spacial score (nSPS) is 20.7. The Labute approximate surface area is 178 Å². The Bertz CT molecular complexity index is 833. The molecule has 0 aromatic heterocycles. The first-order valence-corrected chi connectivity index (χ1v) is 11.6. The molecule has 1 fully saturated rings. The molecule has 0 saturated carbocycles. The van der Waals surface area contributed by atoms with E-state index in [2.05, 4.69) is 10.0 Å². The lowest BCUT2D eigenvalue weighted by atomic mass is 9.97. The van der Waals surface area contributed by atoms with Gasteiger partial charge in [-0.3, -0.25) is 9.59 Å². The van der Waals surface area contributed by atoms with Gasteiger partial charge in [-0.25, -0.2) is 8.42 Å². The van der Waals surface area contributed by atoms with Crippen molar-refractivity contribution in [1.82, 2.24) is 10.0 Å². The first-order chi connectivity index (χ1) is 13.9. The van der Waals surface area contributed by atoms with E-state index in [4.69, 9.17) is 9.47 Å². The van der Waals surface area contributed by atoms with E-state index >= 15 is 0 Å². The van der Waals surface area contributed by atoms with Crippen LogP contribution in [-0.2, 0) is 29.1 Å². The van der Waals surface area contributed by atoms with Gasteiger partial charge in [-0.1, -0.05) is 32.0 Å². The molecule has 2 N–H and O–H groups in total. The Morgan fingerprint density at radius 2 is 1.83 bits per heavy atom. The zero-order chi connectivity index (χ0) is 22.5. The van der Waals surface area contributed by atoms with Gasteiger partial charge < -0.3 is 14.8 Å². The van der Waals surface area contributed by atoms with E-state index < -0.39 is 45.7 Å². The van der Waals surface area contributed by atoms with Crippen LogP contribution in [-0.4, -0.2) is 45.3 Å². The third-order valence-corrected chi connectivity index (χ3v) is 6.06. The van der Waals surface area contributed by atoms with Crippen LogP contribution in [0.25, 0.3) is 0 Å². The minimum Gasteiger partial charge on any atom is -0.433 e. The fourth-order valence-electron chi connectivity index (χ4n) is 2.92. The highest BCUT2D eigenvalue weighted by Gasteiger charge is 2.37. The fraction of sp³-hybridized carbons (Fsp3) is 0.619. The second kappa shape index (κ2) is 9.89. The molecule has 1 aliphatic heterocycles. The average molecular weight is 441 g/mol. The molecule has 168 valence electrons. The second-order valence-corrected chi connectivity index (χ2v) is 10.6. The average Bonchev–Trinajstić information content (AvgIpc) is 3.07. The standard InChI is InChI=1S/C21H32N2O6S/c1-14(2)13-17(23-30(26,27)15-9-7-6-8-10-15)18(24)22-16-11-12-28-19(16)29-20(25)21(3,4)5/h6-10,14,16-17,19,23H,11-13H2,1-5H3,(H,22,24)/t16-,17-,19-/m0/s1. The highest BCUT2D eigenvalue weighted by atomic mass is 32.2. The number of hydrogen-bond donors (Lipinski definition) is 2. The zero-order valence-corrected chi connectivity index (χ0v) is 19.0. The van der Waals surface area contributed by atoms with Crippen LogP contribution in [0.5, 0.6) is 0 Å². The summed E-state index contributed by atoms with van der Waals surface area (Å²) >= 11 is 0. The number of ether oxygens (including phenoxy) is 2. The van der Waals surface area contributed by atoms with Crippen molar-refractivity contribution in [3.8, 4) is 0 Å². The molecule has 1 aliphatic rings. The molecule has 30 heavy (non-hydrogen) atoms. The number of nitrogens with one attached hydrogen (secondary N) is 2. The summed E-state index contributed by atoms with van der Waals surface area (Å²) in [5, 5.41) is 2.80. The zero-order valence-electron chi connectivity index (χ0n) is 18.2. The molecule has 0 bridgehead atoms. The molecule has 1 saturated heterocycles. The molecule has 2 rings (SSSR count). The maximum absolute atomic E-state index is 12.9. The van der Waals surface area contributed by atoms with Crippen molar-refractivity contribution in [3.05, 3.63) is 30.3 Å². The minimum atomic E-state index is -3.86. The van der Waals surface area contributed by atoms with Crippen molar-refractivity contribution in [2.75, 3.05) is 6.61 Å². The second-order valence-electron chi connectivity index (χ2n) is 8.91. The lowest BCUT2D eigenvalue weighted by Crippen LogP contribution is -2.52. The van der Waals surface area contributed by atoms with E-state index in [1.54, 1.807) is 39.0 Å². The van der Waals surface area contributed by atoms with Crippen molar-refractivity contribution in [2.24, 2.45) is 11.3 Å². The van der Waals surface area contributed by atoms with Crippen molar-refractivity contribution in [1.29, 1.82) is 0 Å². The molecule has 1 aromatic rings. The van der Waals surface area contributed by atoms with Crippen LogP contribution >= 0.6 is 0 Å². The molecule has 0 radical (unpaired) electrons. The summed E-state index contributed by atoms with van der Waals surface area (Å²) in [7, 11) is -3.86. The third kappa shape index (κ3) is 6.78. The Morgan fingerprint density at radius 3 is 2.40 bits per heavy atom. The molecule has 1 aromatic carbocycles. The largest absolute Gasteiger partial charge is 0.433 e. The molecule has 1 amide bonds. The van der Waals surface area contributed by atoms with E-state index in [9.17, 15) is 18.0 Å². The Balaban J connectivity index is 2.10. The van der Waals surface area contributed by atoms with Gasteiger partial charge in [0, 0.05) is 0 Å².